The molecule has 2 nitrogen and oxygen atoms in total. The third kappa shape index (κ3) is 2.52. The molecule has 0 unspecified atom stereocenters. The predicted molar refractivity (Wildman–Crippen MR) is 63.5 cm³/mol. The topological polar surface area (TPSA) is 18.5 Å². The Morgan fingerprint density at radius 1 is 1.27 bits per heavy atom. The third-order valence-corrected chi connectivity index (χ3v) is 2.09. The van der Waals surface area contributed by atoms with Gasteiger partial charge in [0, 0.05) is 0 Å². The van der Waals surface area contributed by atoms with Crippen LogP contribution < -0.4 is 9.47 Å². The highest BCUT2D eigenvalue weighted by atomic mass is 16.5. The summed E-state index contributed by atoms with van der Waals surface area (Å²) in [6, 6.07) is 5.84. The molecule has 0 N–H and O–H groups in total. The van der Waals surface area contributed by atoms with E-state index < -0.39 is 0 Å². The summed E-state index contributed by atoms with van der Waals surface area (Å²) in [7, 11) is 1.67. The molecule has 0 aliphatic carbocycles. The summed E-state index contributed by atoms with van der Waals surface area (Å²) in [5.41, 5.74) is 2.27. The van der Waals surface area contributed by atoms with Crippen LogP contribution in [-0.4, -0.2) is 13.7 Å². The van der Waals surface area contributed by atoms with Crippen LogP contribution >= 0.6 is 0 Å². The SMILES string of the molecule is CC.COc1cccc2c1C=C(C)CO2. The Balaban J connectivity index is 0.000000531. The van der Waals surface area contributed by atoms with Gasteiger partial charge in [0.05, 0.1) is 12.7 Å². The zero-order chi connectivity index (χ0) is 11.3. The molecule has 2 rings (SSSR count). The number of hydrogen-bond donors (Lipinski definition) is 0. The molecule has 0 aromatic heterocycles. The van der Waals surface area contributed by atoms with Crippen LogP contribution in [0.15, 0.2) is 23.8 Å². The summed E-state index contributed by atoms with van der Waals surface area (Å²) >= 11 is 0. The Kier molecular flexibility index (Phi) is 4.22. The van der Waals surface area contributed by atoms with Gasteiger partial charge in [0.15, 0.2) is 0 Å². The largest absolute Gasteiger partial charge is 0.496 e. The number of methoxy groups -OCH3 is 1. The van der Waals surface area contributed by atoms with Crippen LogP contribution in [0.2, 0.25) is 0 Å². The van der Waals surface area contributed by atoms with Crippen molar-refractivity contribution in [1.82, 2.24) is 0 Å². The van der Waals surface area contributed by atoms with Gasteiger partial charge in [-0.15, -0.1) is 0 Å². The summed E-state index contributed by atoms with van der Waals surface area (Å²) in [5.74, 6) is 1.78. The van der Waals surface area contributed by atoms with Crippen LogP contribution in [0, 0.1) is 0 Å². The van der Waals surface area contributed by atoms with Gasteiger partial charge in [-0.2, -0.15) is 0 Å². The van der Waals surface area contributed by atoms with Crippen molar-refractivity contribution in [3.8, 4) is 11.5 Å². The van der Waals surface area contributed by atoms with Gasteiger partial charge < -0.3 is 9.47 Å². The van der Waals surface area contributed by atoms with Crippen LogP contribution in [0.4, 0.5) is 0 Å². The molecular weight excluding hydrogens is 188 g/mol. The van der Waals surface area contributed by atoms with E-state index in [1.54, 1.807) is 7.11 Å². The molecule has 0 bridgehead atoms. The van der Waals surface area contributed by atoms with E-state index in [1.165, 1.54) is 5.57 Å². The van der Waals surface area contributed by atoms with Gasteiger partial charge in [-0.3, -0.25) is 0 Å². The fourth-order valence-corrected chi connectivity index (χ4v) is 1.45. The van der Waals surface area contributed by atoms with Gasteiger partial charge in [-0.1, -0.05) is 19.9 Å². The molecule has 1 aliphatic rings. The second-order valence-electron chi connectivity index (χ2n) is 3.15. The Bertz CT molecular complexity index is 354. The minimum atomic E-state index is 0.681. The zero-order valence-corrected chi connectivity index (χ0v) is 9.83. The molecule has 2 heteroatoms. The van der Waals surface area contributed by atoms with Gasteiger partial charge in [-0.25, -0.2) is 0 Å². The van der Waals surface area contributed by atoms with E-state index in [0.29, 0.717) is 6.61 Å². The van der Waals surface area contributed by atoms with E-state index in [2.05, 4.69) is 13.0 Å². The van der Waals surface area contributed by atoms with Crippen LogP contribution in [-0.2, 0) is 0 Å². The smallest absolute Gasteiger partial charge is 0.130 e. The van der Waals surface area contributed by atoms with Gasteiger partial charge in [0.25, 0.3) is 0 Å². The number of rotatable bonds is 1. The van der Waals surface area contributed by atoms with Gasteiger partial charge >= 0.3 is 0 Å². The maximum atomic E-state index is 5.53. The Morgan fingerprint density at radius 2 is 2.00 bits per heavy atom. The summed E-state index contributed by atoms with van der Waals surface area (Å²) in [5, 5.41) is 0. The van der Waals surface area contributed by atoms with Gasteiger partial charge in [0.2, 0.25) is 0 Å². The van der Waals surface area contributed by atoms with Gasteiger partial charge in [-0.05, 0) is 30.7 Å². The molecule has 0 radical (unpaired) electrons. The molecule has 0 amide bonds. The fraction of sp³-hybridized carbons (Fsp3) is 0.385. The third-order valence-electron chi connectivity index (χ3n) is 2.09. The van der Waals surface area contributed by atoms with Crippen molar-refractivity contribution in [1.29, 1.82) is 0 Å². The van der Waals surface area contributed by atoms with E-state index in [-0.39, 0.29) is 0 Å². The first-order valence-corrected chi connectivity index (χ1v) is 5.28. The fourth-order valence-electron chi connectivity index (χ4n) is 1.45. The highest BCUT2D eigenvalue weighted by Gasteiger charge is 2.12. The normalized spacial score (nSPS) is 12.7. The standard InChI is InChI=1S/C11H12O2.C2H6/c1-8-6-9-10(12-2)4-3-5-11(9)13-7-8;1-2/h3-6H,7H2,1-2H3;1-2H3. The maximum absolute atomic E-state index is 5.53. The van der Waals surface area contributed by atoms with Crippen LogP contribution in [0.3, 0.4) is 0 Å². The molecule has 0 spiro atoms. The first-order chi connectivity index (χ1) is 7.31. The van der Waals surface area contributed by atoms with E-state index in [4.69, 9.17) is 9.47 Å². The minimum Gasteiger partial charge on any atom is -0.496 e. The molecule has 0 atom stereocenters. The molecule has 82 valence electrons. The lowest BCUT2D eigenvalue weighted by molar-refractivity contribution is 0.341. The summed E-state index contributed by atoms with van der Waals surface area (Å²) in [6.45, 7) is 6.73. The van der Waals surface area contributed by atoms with Crippen molar-refractivity contribution in [3.05, 3.63) is 29.3 Å². The molecular formula is C13H18O2. The summed E-state index contributed by atoms with van der Waals surface area (Å²) in [6.07, 6.45) is 2.11. The van der Waals surface area contributed by atoms with Crippen molar-refractivity contribution in [2.45, 2.75) is 20.8 Å². The van der Waals surface area contributed by atoms with E-state index in [9.17, 15) is 0 Å². The van der Waals surface area contributed by atoms with Crippen molar-refractivity contribution in [2.24, 2.45) is 0 Å². The number of ether oxygens (including phenoxy) is 2. The van der Waals surface area contributed by atoms with E-state index >= 15 is 0 Å². The zero-order valence-electron chi connectivity index (χ0n) is 9.83. The van der Waals surface area contributed by atoms with Crippen molar-refractivity contribution < 1.29 is 9.47 Å². The van der Waals surface area contributed by atoms with E-state index in [1.807, 2.05) is 32.0 Å². The minimum absolute atomic E-state index is 0.681. The molecule has 15 heavy (non-hydrogen) atoms. The lowest BCUT2D eigenvalue weighted by Crippen LogP contribution is -2.05. The molecule has 0 fully saturated rings. The number of hydrogen-bond acceptors (Lipinski definition) is 2. The average Bonchev–Trinajstić information content (AvgIpc) is 2.31. The monoisotopic (exact) mass is 206 g/mol. The molecule has 0 saturated carbocycles. The summed E-state index contributed by atoms with van der Waals surface area (Å²) < 4.78 is 10.8. The highest BCUT2D eigenvalue weighted by Crippen LogP contribution is 2.33. The quantitative estimate of drug-likeness (QED) is 0.700. The predicted octanol–water partition coefficient (Wildman–Crippen LogP) is 3.52. The lowest BCUT2D eigenvalue weighted by atomic mass is 10.1. The van der Waals surface area contributed by atoms with Crippen LogP contribution in [0.25, 0.3) is 6.08 Å². The van der Waals surface area contributed by atoms with Crippen LogP contribution in [0.1, 0.15) is 26.3 Å². The Labute approximate surface area is 91.5 Å². The van der Waals surface area contributed by atoms with Crippen molar-refractivity contribution >= 4 is 6.08 Å². The average molecular weight is 206 g/mol. The summed E-state index contributed by atoms with van der Waals surface area (Å²) in [4.78, 5) is 0. The Morgan fingerprint density at radius 3 is 2.67 bits per heavy atom. The van der Waals surface area contributed by atoms with Crippen LogP contribution in [0.5, 0.6) is 11.5 Å². The van der Waals surface area contributed by atoms with Crippen molar-refractivity contribution in [2.75, 3.05) is 13.7 Å². The molecule has 0 saturated heterocycles. The number of fused-ring (bicyclic) bond motifs is 1. The molecule has 1 heterocycles. The van der Waals surface area contributed by atoms with E-state index in [0.717, 1.165) is 17.1 Å². The second kappa shape index (κ2) is 5.44. The highest BCUT2D eigenvalue weighted by molar-refractivity contribution is 5.67. The first-order valence-electron chi connectivity index (χ1n) is 5.28. The van der Waals surface area contributed by atoms with Gasteiger partial charge in [0.1, 0.15) is 18.1 Å². The second-order valence-corrected chi connectivity index (χ2v) is 3.15. The first kappa shape index (κ1) is 11.6. The Hall–Kier alpha value is -1.44. The maximum Gasteiger partial charge on any atom is 0.130 e. The molecule has 1 aromatic rings. The number of benzene rings is 1. The molecule has 1 aromatic carbocycles. The molecule has 1 aliphatic heterocycles. The lowest BCUT2D eigenvalue weighted by Gasteiger charge is -2.17. The van der Waals surface area contributed by atoms with Crippen molar-refractivity contribution in [3.63, 3.8) is 0 Å².